The minimum atomic E-state index is -0.753. The number of ether oxygens (including phenoxy) is 1. The molecule has 2 amide bonds. The highest BCUT2D eigenvalue weighted by Crippen LogP contribution is 2.44. The van der Waals surface area contributed by atoms with Crippen molar-refractivity contribution in [3.8, 4) is 11.1 Å². The van der Waals surface area contributed by atoms with Gasteiger partial charge in [-0.25, -0.2) is 4.79 Å². The monoisotopic (exact) mass is 478 g/mol. The highest BCUT2D eigenvalue weighted by molar-refractivity contribution is 5.79. The normalized spacial score (nSPS) is 19.5. The smallest absolute Gasteiger partial charge is 0.407 e. The largest absolute Gasteiger partial charge is 0.481 e. The lowest BCUT2D eigenvalue weighted by Gasteiger charge is -2.16. The summed E-state index contributed by atoms with van der Waals surface area (Å²) in [6.45, 7) is 3.05. The predicted octanol–water partition coefficient (Wildman–Crippen LogP) is 4.56. The van der Waals surface area contributed by atoms with Crippen molar-refractivity contribution in [3.63, 3.8) is 0 Å². The molecule has 0 heterocycles. The minimum Gasteiger partial charge on any atom is -0.481 e. The highest BCUT2D eigenvalue weighted by Gasteiger charge is 2.29. The average molecular weight is 479 g/mol. The number of amides is 2. The fraction of sp³-hybridized carbons (Fsp3) is 0.464. The van der Waals surface area contributed by atoms with Crippen molar-refractivity contribution in [3.05, 3.63) is 59.7 Å². The maximum Gasteiger partial charge on any atom is 0.407 e. The van der Waals surface area contributed by atoms with Gasteiger partial charge in [-0.2, -0.15) is 0 Å². The molecular formula is C28H34N2O5. The van der Waals surface area contributed by atoms with Crippen molar-refractivity contribution in [1.82, 2.24) is 10.6 Å². The SMILES string of the molecule is CC(CCNC(=O)OCC1c2ccccc2-c2ccccc21)C(=O)NCC1CCC(CC(=O)O)C1. The summed E-state index contributed by atoms with van der Waals surface area (Å²) >= 11 is 0. The maximum atomic E-state index is 12.4. The Morgan fingerprint density at radius 3 is 2.26 bits per heavy atom. The zero-order chi connectivity index (χ0) is 24.8. The number of rotatable bonds is 10. The second-order valence-corrected chi connectivity index (χ2v) is 9.83. The van der Waals surface area contributed by atoms with Crippen molar-refractivity contribution in [2.24, 2.45) is 17.8 Å². The number of hydrogen-bond donors (Lipinski definition) is 3. The van der Waals surface area contributed by atoms with Crippen LogP contribution in [0.1, 0.15) is 56.1 Å². The second-order valence-electron chi connectivity index (χ2n) is 9.83. The van der Waals surface area contributed by atoms with E-state index in [0.29, 0.717) is 25.4 Å². The van der Waals surface area contributed by atoms with Crippen LogP contribution < -0.4 is 10.6 Å². The molecule has 0 saturated heterocycles. The van der Waals surface area contributed by atoms with Crippen LogP contribution >= 0.6 is 0 Å². The van der Waals surface area contributed by atoms with E-state index in [0.717, 1.165) is 19.3 Å². The van der Waals surface area contributed by atoms with E-state index in [2.05, 4.69) is 34.9 Å². The van der Waals surface area contributed by atoms with Crippen molar-refractivity contribution < 1.29 is 24.2 Å². The average Bonchev–Trinajstić information content (AvgIpc) is 3.42. The van der Waals surface area contributed by atoms with Gasteiger partial charge in [0.15, 0.2) is 0 Å². The van der Waals surface area contributed by atoms with Gasteiger partial charge in [-0.05, 0) is 59.8 Å². The zero-order valence-corrected chi connectivity index (χ0v) is 20.2. The molecule has 0 spiro atoms. The summed E-state index contributed by atoms with van der Waals surface area (Å²) in [4.78, 5) is 35.6. The molecule has 7 heteroatoms. The third kappa shape index (κ3) is 6.21. The van der Waals surface area contributed by atoms with Crippen LogP contribution in [-0.2, 0) is 14.3 Å². The van der Waals surface area contributed by atoms with Gasteiger partial charge in [0.25, 0.3) is 0 Å². The Hall–Kier alpha value is -3.35. The molecule has 3 N–H and O–H groups in total. The summed E-state index contributed by atoms with van der Waals surface area (Å²) in [5, 5.41) is 14.7. The van der Waals surface area contributed by atoms with Gasteiger partial charge in [0, 0.05) is 31.3 Å². The second kappa shape index (κ2) is 11.4. The van der Waals surface area contributed by atoms with Crippen molar-refractivity contribution in [2.75, 3.05) is 19.7 Å². The maximum absolute atomic E-state index is 12.4. The van der Waals surface area contributed by atoms with E-state index in [-0.39, 0.29) is 36.7 Å². The molecule has 7 nitrogen and oxygen atoms in total. The predicted molar refractivity (Wildman–Crippen MR) is 133 cm³/mol. The van der Waals surface area contributed by atoms with Gasteiger partial charge < -0.3 is 20.5 Å². The van der Waals surface area contributed by atoms with E-state index in [1.54, 1.807) is 0 Å². The fourth-order valence-electron chi connectivity index (χ4n) is 5.39. The van der Waals surface area contributed by atoms with E-state index < -0.39 is 12.1 Å². The van der Waals surface area contributed by atoms with E-state index in [9.17, 15) is 14.4 Å². The van der Waals surface area contributed by atoms with Crippen LogP contribution in [0.25, 0.3) is 11.1 Å². The van der Waals surface area contributed by atoms with E-state index >= 15 is 0 Å². The first-order valence-corrected chi connectivity index (χ1v) is 12.5. The standard InChI is InChI=1S/C28H34N2O5/c1-18(27(33)30-16-20-11-10-19(14-20)15-26(31)32)12-13-29-28(34)35-17-25-23-8-4-2-6-21(23)22-7-3-5-9-24(22)25/h2-9,18-20,25H,10-17H2,1H3,(H,29,34)(H,30,33)(H,31,32). The Balaban J connectivity index is 1.16. The van der Waals surface area contributed by atoms with E-state index in [1.165, 1.54) is 22.3 Å². The fourth-order valence-corrected chi connectivity index (χ4v) is 5.39. The number of hydrogen-bond acceptors (Lipinski definition) is 4. The molecule has 2 aliphatic rings. The number of alkyl carbamates (subject to hydrolysis) is 1. The number of aliphatic carboxylic acids is 1. The third-order valence-electron chi connectivity index (χ3n) is 7.32. The molecule has 0 radical (unpaired) electrons. The van der Waals surface area contributed by atoms with Crippen LogP contribution in [0.15, 0.2) is 48.5 Å². The number of fused-ring (bicyclic) bond motifs is 3. The number of carboxylic acid groups (broad SMARTS) is 1. The molecular weight excluding hydrogens is 444 g/mol. The topological polar surface area (TPSA) is 105 Å². The number of carbonyl (C=O) groups excluding carboxylic acids is 2. The Morgan fingerprint density at radius 2 is 1.60 bits per heavy atom. The van der Waals surface area contributed by atoms with Crippen LogP contribution in [0.3, 0.4) is 0 Å². The van der Waals surface area contributed by atoms with Crippen molar-refractivity contribution >= 4 is 18.0 Å². The lowest BCUT2D eigenvalue weighted by Crippen LogP contribution is -2.35. The molecule has 0 bridgehead atoms. The molecule has 3 atom stereocenters. The summed E-state index contributed by atoms with van der Waals surface area (Å²) in [6, 6.07) is 16.4. The summed E-state index contributed by atoms with van der Waals surface area (Å²) in [5.74, 6) is -0.454. The zero-order valence-electron chi connectivity index (χ0n) is 20.2. The first-order valence-electron chi connectivity index (χ1n) is 12.5. The molecule has 1 fully saturated rings. The van der Waals surface area contributed by atoms with Crippen LogP contribution in [0, 0.1) is 17.8 Å². The summed E-state index contributed by atoms with van der Waals surface area (Å²) < 4.78 is 5.54. The quantitative estimate of drug-likeness (QED) is 0.464. The van der Waals surface area contributed by atoms with Crippen LogP contribution in [-0.4, -0.2) is 42.8 Å². The van der Waals surface area contributed by atoms with E-state index in [1.807, 2.05) is 31.2 Å². The van der Waals surface area contributed by atoms with Gasteiger partial charge in [0.1, 0.15) is 6.61 Å². The van der Waals surface area contributed by atoms with Crippen molar-refractivity contribution in [1.29, 1.82) is 0 Å². The third-order valence-corrected chi connectivity index (χ3v) is 7.32. The van der Waals surface area contributed by atoms with E-state index in [4.69, 9.17) is 9.84 Å². The molecule has 2 aliphatic carbocycles. The molecule has 0 aromatic heterocycles. The van der Waals surface area contributed by atoms with Crippen LogP contribution in [0.4, 0.5) is 4.79 Å². The molecule has 3 unspecified atom stereocenters. The van der Waals surface area contributed by atoms with Gasteiger partial charge in [-0.15, -0.1) is 0 Å². The molecule has 2 aromatic rings. The molecule has 186 valence electrons. The molecule has 4 rings (SSSR count). The Bertz CT molecular complexity index is 1020. The molecule has 0 aliphatic heterocycles. The Kier molecular flexibility index (Phi) is 8.06. The molecule has 2 aromatic carbocycles. The number of carboxylic acids is 1. The Labute approximate surface area is 206 Å². The van der Waals surface area contributed by atoms with Crippen LogP contribution in [0.2, 0.25) is 0 Å². The van der Waals surface area contributed by atoms with Gasteiger partial charge in [0.2, 0.25) is 5.91 Å². The van der Waals surface area contributed by atoms with Gasteiger partial charge >= 0.3 is 12.1 Å². The first-order chi connectivity index (χ1) is 16.9. The molecule has 35 heavy (non-hydrogen) atoms. The van der Waals surface area contributed by atoms with Crippen molar-refractivity contribution in [2.45, 2.75) is 44.9 Å². The number of carbonyl (C=O) groups is 3. The summed E-state index contributed by atoms with van der Waals surface area (Å²) in [6.07, 6.45) is 2.96. The summed E-state index contributed by atoms with van der Waals surface area (Å²) in [5.41, 5.74) is 4.71. The first kappa shape index (κ1) is 24.8. The van der Waals surface area contributed by atoms with Gasteiger partial charge in [0.05, 0.1) is 0 Å². The lowest BCUT2D eigenvalue weighted by molar-refractivity contribution is -0.138. The number of nitrogens with one attached hydrogen (secondary N) is 2. The molecule has 1 saturated carbocycles. The minimum absolute atomic E-state index is 0.0172. The van der Waals surface area contributed by atoms with Gasteiger partial charge in [-0.3, -0.25) is 9.59 Å². The Morgan fingerprint density at radius 1 is 0.971 bits per heavy atom. The summed E-state index contributed by atoms with van der Waals surface area (Å²) in [7, 11) is 0. The van der Waals surface area contributed by atoms with Crippen LogP contribution in [0.5, 0.6) is 0 Å². The lowest BCUT2D eigenvalue weighted by atomic mass is 9.98. The number of benzene rings is 2. The highest BCUT2D eigenvalue weighted by atomic mass is 16.5. The van der Waals surface area contributed by atoms with Gasteiger partial charge in [-0.1, -0.05) is 55.5 Å².